The molecule has 3 heterocycles. The second kappa shape index (κ2) is 7.19. The molecule has 0 aliphatic carbocycles. The van der Waals surface area contributed by atoms with E-state index in [1.807, 2.05) is 0 Å². The Labute approximate surface area is 160 Å². The van der Waals surface area contributed by atoms with Gasteiger partial charge in [-0.15, -0.1) is 0 Å². The third-order valence-electron chi connectivity index (χ3n) is 4.86. The van der Waals surface area contributed by atoms with E-state index in [9.17, 15) is 14.0 Å². The van der Waals surface area contributed by atoms with Gasteiger partial charge >= 0.3 is 6.03 Å². The Balaban J connectivity index is 1.54. The molecule has 2 aliphatic rings. The van der Waals surface area contributed by atoms with Crippen molar-refractivity contribution in [2.75, 3.05) is 18.4 Å². The summed E-state index contributed by atoms with van der Waals surface area (Å²) < 4.78 is 15.0. The topological polar surface area (TPSA) is 79.3 Å². The summed E-state index contributed by atoms with van der Waals surface area (Å²) in [7, 11) is 0. The van der Waals surface area contributed by atoms with Crippen LogP contribution in [0.2, 0.25) is 5.02 Å². The molecule has 0 saturated heterocycles. The van der Waals surface area contributed by atoms with Crippen LogP contribution in [-0.4, -0.2) is 39.7 Å². The maximum atomic E-state index is 13.3. The molecule has 2 N–H and O–H groups in total. The van der Waals surface area contributed by atoms with Gasteiger partial charge in [0.05, 0.1) is 17.3 Å². The number of aromatic nitrogens is 2. The smallest absolute Gasteiger partial charge is 0.322 e. The molecule has 0 bridgehead atoms. The predicted octanol–water partition coefficient (Wildman–Crippen LogP) is 2.79. The molecule has 2 aliphatic heterocycles. The van der Waals surface area contributed by atoms with E-state index in [1.54, 1.807) is 9.58 Å². The normalized spacial score (nSPS) is 16.7. The first kappa shape index (κ1) is 17.8. The molecule has 142 valence electrons. The van der Waals surface area contributed by atoms with Gasteiger partial charge in [0, 0.05) is 37.3 Å². The molecule has 1 aromatic carbocycles. The number of rotatable bonds is 1. The highest BCUT2D eigenvalue weighted by Crippen LogP contribution is 2.25. The van der Waals surface area contributed by atoms with Crippen molar-refractivity contribution in [3.63, 3.8) is 0 Å². The number of halogens is 2. The zero-order chi connectivity index (χ0) is 19.0. The van der Waals surface area contributed by atoms with Gasteiger partial charge in [0.1, 0.15) is 11.5 Å². The summed E-state index contributed by atoms with van der Waals surface area (Å²) in [6, 6.07) is 3.70. The first-order chi connectivity index (χ1) is 13.0. The molecule has 9 heteroatoms. The fourth-order valence-electron chi connectivity index (χ4n) is 3.46. The molecule has 1 aromatic heterocycles. The maximum Gasteiger partial charge on any atom is 0.322 e. The minimum absolute atomic E-state index is 0.0524. The molecule has 7 nitrogen and oxygen atoms in total. The van der Waals surface area contributed by atoms with Gasteiger partial charge < -0.3 is 15.5 Å². The minimum Gasteiger partial charge on any atom is -0.351 e. The van der Waals surface area contributed by atoms with E-state index in [-0.39, 0.29) is 17.0 Å². The van der Waals surface area contributed by atoms with Gasteiger partial charge in [-0.1, -0.05) is 11.6 Å². The number of carbonyl (C=O) groups is 2. The lowest BCUT2D eigenvalue weighted by Crippen LogP contribution is -2.39. The summed E-state index contributed by atoms with van der Waals surface area (Å²) in [5.74, 6) is -0.683. The first-order valence-electron chi connectivity index (χ1n) is 8.90. The van der Waals surface area contributed by atoms with E-state index in [0.717, 1.165) is 24.1 Å². The number of aryl methyl sites for hydroxylation is 1. The number of anilines is 1. The average Bonchev–Trinajstić information content (AvgIpc) is 2.99. The Bertz CT molecular complexity index is 913. The predicted molar refractivity (Wildman–Crippen MR) is 98.3 cm³/mol. The lowest BCUT2D eigenvalue weighted by molar-refractivity contribution is 0.0934. The highest BCUT2D eigenvalue weighted by molar-refractivity contribution is 6.31. The molecule has 0 unspecified atom stereocenters. The molecule has 0 saturated carbocycles. The summed E-state index contributed by atoms with van der Waals surface area (Å²) in [6.07, 6.45) is 2.45. The third-order valence-corrected chi connectivity index (χ3v) is 5.15. The van der Waals surface area contributed by atoms with Gasteiger partial charge in [-0.05, 0) is 31.0 Å². The second-order valence-corrected chi connectivity index (χ2v) is 7.10. The van der Waals surface area contributed by atoms with Crippen molar-refractivity contribution >= 4 is 29.2 Å². The Morgan fingerprint density at radius 3 is 2.96 bits per heavy atom. The van der Waals surface area contributed by atoms with E-state index in [4.69, 9.17) is 11.6 Å². The highest BCUT2D eigenvalue weighted by Gasteiger charge is 2.30. The fourth-order valence-corrected chi connectivity index (χ4v) is 3.64. The van der Waals surface area contributed by atoms with Crippen LogP contribution in [0.4, 0.5) is 14.9 Å². The van der Waals surface area contributed by atoms with Crippen LogP contribution in [-0.2, 0) is 19.5 Å². The second-order valence-electron chi connectivity index (χ2n) is 6.69. The highest BCUT2D eigenvalue weighted by atomic mass is 35.5. The minimum atomic E-state index is -0.540. The molecule has 0 atom stereocenters. The van der Waals surface area contributed by atoms with Crippen molar-refractivity contribution in [3.8, 4) is 0 Å². The molecular formula is C18H19ClFN5O2. The van der Waals surface area contributed by atoms with E-state index < -0.39 is 5.82 Å². The van der Waals surface area contributed by atoms with E-state index >= 15 is 0 Å². The fraction of sp³-hybridized carbons (Fsp3) is 0.389. The van der Waals surface area contributed by atoms with E-state index in [2.05, 4.69) is 15.7 Å². The Hall–Kier alpha value is -2.61. The quantitative estimate of drug-likeness (QED) is 0.784. The zero-order valence-corrected chi connectivity index (χ0v) is 15.4. The SMILES string of the molecule is O=C1NCCCCn2nc3c(c21)CN(C(=O)Nc1ccc(F)c(Cl)c1)CC3. The van der Waals surface area contributed by atoms with E-state index in [0.29, 0.717) is 44.0 Å². The summed E-state index contributed by atoms with van der Waals surface area (Å²) in [4.78, 5) is 26.7. The van der Waals surface area contributed by atoms with Crippen molar-refractivity contribution in [2.45, 2.75) is 32.4 Å². The van der Waals surface area contributed by atoms with Crippen LogP contribution in [0.1, 0.15) is 34.6 Å². The van der Waals surface area contributed by atoms with Crippen LogP contribution in [0.15, 0.2) is 18.2 Å². The third kappa shape index (κ3) is 3.49. The van der Waals surface area contributed by atoms with Crippen molar-refractivity contribution < 1.29 is 14.0 Å². The average molecular weight is 392 g/mol. The summed E-state index contributed by atoms with van der Waals surface area (Å²) >= 11 is 5.76. The van der Waals surface area contributed by atoms with Crippen LogP contribution in [0.5, 0.6) is 0 Å². The number of hydrogen-bond acceptors (Lipinski definition) is 3. The first-order valence-corrected chi connectivity index (χ1v) is 9.28. The van der Waals surface area contributed by atoms with Crippen molar-refractivity contribution in [1.82, 2.24) is 20.0 Å². The number of fused-ring (bicyclic) bond motifs is 3. The number of hydrogen-bond donors (Lipinski definition) is 2. The summed E-state index contributed by atoms with van der Waals surface area (Å²) in [6.45, 7) is 2.15. The van der Waals surface area contributed by atoms with Crippen LogP contribution < -0.4 is 10.6 Å². The lowest BCUT2D eigenvalue weighted by atomic mass is 10.0. The Kier molecular flexibility index (Phi) is 4.73. The van der Waals surface area contributed by atoms with Crippen molar-refractivity contribution in [1.29, 1.82) is 0 Å². The Morgan fingerprint density at radius 1 is 1.30 bits per heavy atom. The summed E-state index contributed by atoms with van der Waals surface area (Å²) in [5.41, 5.74) is 2.64. The van der Waals surface area contributed by atoms with E-state index in [1.165, 1.54) is 18.2 Å². The number of nitrogens with zero attached hydrogens (tertiary/aromatic N) is 3. The monoisotopic (exact) mass is 391 g/mol. The number of benzene rings is 1. The molecule has 4 rings (SSSR count). The zero-order valence-electron chi connectivity index (χ0n) is 14.6. The van der Waals surface area contributed by atoms with Gasteiger partial charge in [-0.3, -0.25) is 9.48 Å². The van der Waals surface area contributed by atoms with Crippen molar-refractivity contribution in [3.05, 3.63) is 46.0 Å². The van der Waals surface area contributed by atoms with Crippen LogP contribution in [0, 0.1) is 5.82 Å². The van der Waals surface area contributed by atoms with Gasteiger partial charge in [0.2, 0.25) is 0 Å². The number of nitrogens with one attached hydrogen (secondary N) is 2. The number of amides is 3. The van der Waals surface area contributed by atoms with Gasteiger partial charge in [-0.25, -0.2) is 9.18 Å². The van der Waals surface area contributed by atoms with Crippen LogP contribution in [0.25, 0.3) is 0 Å². The standard InChI is InChI=1S/C18H19ClFN5O2/c19-13-9-11(3-4-14(13)20)22-18(27)24-8-5-15-12(10-24)16-17(26)21-6-1-2-7-25(16)23-15/h3-4,9H,1-2,5-8,10H2,(H,21,26)(H,22,27). The number of urea groups is 1. The Morgan fingerprint density at radius 2 is 2.15 bits per heavy atom. The molecule has 2 aromatic rings. The van der Waals surface area contributed by atoms with Crippen LogP contribution >= 0.6 is 11.6 Å². The molecular weight excluding hydrogens is 373 g/mol. The lowest BCUT2D eigenvalue weighted by Gasteiger charge is -2.27. The largest absolute Gasteiger partial charge is 0.351 e. The maximum absolute atomic E-state index is 13.3. The molecule has 27 heavy (non-hydrogen) atoms. The summed E-state index contributed by atoms with van der Waals surface area (Å²) in [5, 5.41) is 10.2. The molecule has 0 radical (unpaired) electrons. The number of carbonyl (C=O) groups excluding carboxylic acids is 2. The van der Waals surface area contributed by atoms with Gasteiger partial charge in [0.25, 0.3) is 5.91 Å². The van der Waals surface area contributed by atoms with Gasteiger partial charge in [-0.2, -0.15) is 5.10 Å². The van der Waals surface area contributed by atoms with Gasteiger partial charge in [0.15, 0.2) is 0 Å². The van der Waals surface area contributed by atoms with Crippen molar-refractivity contribution in [2.24, 2.45) is 0 Å². The molecule has 0 fully saturated rings. The van der Waals surface area contributed by atoms with Crippen LogP contribution in [0.3, 0.4) is 0 Å². The molecule has 3 amide bonds. The molecule has 0 spiro atoms.